The summed E-state index contributed by atoms with van der Waals surface area (Å²) in [6.45, 7) is 0. The number of rotatable bonds is 5. The number of carbonyl (C=O) groups is 2. The minimum Gasteiger partial charge on any atom is -0.320 e. The van der Waals surface area contributed by atoms with Crippen LogP contribution < -0.4 is 10.6 Å². The first-order valence-electron chi connectivity index (χ1n) is 8.64. The molecule has 2 N–H and O–H groups in total. The molecule has 0 unspecified atom stereocenters. The Kier molecular flexibility index (Phi) is 6.82. The number of anilines is 2. The summed E-state index contributed by atoms with van der Waals surface area (Å²) in [6.07, 6.45) is 0.955. The van der Waals surface area contributed by atoms with Crippen LogP contribution in [0.4, 0.5) is 20.2 Å². The number of hydrogen-bond acceptors (Lipinski definition) is 2. The Hall–Kier alpha value is -3.22. The summed E-state index contributed by atoms with van der Waals surface area (Å²) in [5.74, 6) is -4.03. The van der Waals surface area contributed by atoms with Crippen LogP contribution in [0.25, 0.3) is 6.08 Å². The maximum atomic E-state index is 14.1. The molecule has 2 amide bonds. The van der Waals surface area contributed by atoms with Gasteiger partial charge >= 0.3 is 0 Å². The van der Waals surface area contributed by atoms with Gasteiger partial charge in [0.05, 0.1) is 21.4 Å². The van der Waals surface area contributed by atoms with Crippen LogP contribution in [0.2, 0.25) is 10.0 Å². The minimum absolute atomic E-state index is 0.244. The SMILES string of the molecule is O=C(Nc1ccccc1Cl)C(=Cc1cccc(F)c1F)C(=O)Nc1ccccc1Cl. The summed E-state index contributed by atoms with van der Waals surface area (Å²) in [6, 6.07) is 16.2. The van der Waals surface area contributed by atoms with Crippen molar-refractivity contribution in [1.82, 2.24) is 0 Å². The van der Waals surface area contributed by atoms with E-state index in [-0.39, 0.29) is 27.0 Å². The quantitative estimate of drug-likeness (QED) is 0.289. The third-order valence-corrected chi connectivity index (χ3v) is 4.67. The predicted octanol–water partition coefficient (Wildman–Crippen LogP) is 5.93. The van der Waals surface area contributed by atoms with Gasteiger partial charge in [0, 0.05) is 5.56 Å². The Balaban J connectivity index is 1.99. The highest BCUT2D eigenvalue weighted by atomic mass is 35.5. The van der Waals surface area contributed by atoms with E-state index in [1.165, 1.54) is 24.3 Å². The van der Waals surface area contributed by atoms with E-state index < -0.39 is 29.0 Å². The van der Waals surface area contributed by atoms with Gasteiger partial charge in [-0.15, -0.1) is 0 Å². The molecule has 4 nitrogen and oxygen atoms in total. The van der Waals surface area contributed by atoms with Gasteiger partial charge in [0.1, 0.15) is 5.57 Å². The molecule has 152 valence electrons. The summed E-state index contributed by atoms with van der Waals surface area (Å²) >= 11 is 12.1. The molecule has 0 bridgehead atoms. The zero-order valence-electron chi connectivity index (χ0n) is 15.3. The van der Waals surface area contributed by atoms with E-state index in [1.807, 2.05) is 0 Å². The molecule has 0 saturated carbocycles. The van der Waals surface area contributed by atoms with E-state index in [4.69, 9.17) is 23.2 Å². The Morgan fingerprint density at radius 3 is 1.73 bits per heavy atom. The van der Waals surface area contributed by atoms with Crippen LogP contribution in [0.3, 0.4) is 0 Å². The van der Waals surface area contributed by atoms with Crippen molar-refractivity contribution in [1.29, 1.82) is 0 Å². The summed E-state index contributed by atoms with van der Waals surface area (Å²) in [7, 11) is 0. The third-order valence-electron chi connectivity index (χ3n) is 4.01. The first-order chi connectivity index (χ1) is 14.4. The van der Waals surface area contributed by atoms with Crippen LogP contribution in [0, 0.1) is 11.6 Å². The van der Waals surface area contributed by atoms with Gasteiger partial charge in [0.15, 0.2) is 11.6 Å². The third kappa shape index (κ3) is 5.03. The van der Waals surface area contributed by atoms with E-state index in [2.05, 4.69) is 10.6 Å². The van der Waals surface area contributed by atoms with Crippen molar-refractivity contribution < 1.29 is 18.4 Å². The molecule has 0 saturated heterocycles. The molecule has 8 heteroatoms. The van der Waals surface area contributed by atoms with Crippen LogP contribution in [0.1, 0.15) is 5.56 Å². The second-order valence-electron chi connectivity index (χ2n) is 6.07. The summed E-state index contributed by atoms with van der Waals surface area (Å²) in [4.78, 5) is 25.7. The highest BCUT2D eigenvalue weighted by molar-refractivity contribution is 6.36. The molecule has 0 aliphatic rings. The van der Waals surface area contributed by atoms with Crippen molar-refractivity contribution in [3.8, 4) is 0 Å². The molecular weight excluding hydrogens is 433 g/mol. The molecule has 0 atom stereocenters. The first kappa shape index (κ1) is 21.5. The van der Waals surface area contributed by atoms with E-state index >= 15 is 0 Å². The average molecular weight is 447 g/mol. The predicted molar refractivity (Wildman–Crippen MR) is 114 cm³/mol. The molecule has 0 aliphatic carbocycles. The normalized spacial score (nSPS) is 10.3. The van der Waals surface area contributed by atoms with Crippen LogP contribution >= 0.6 is 23.2 Å². The maximum absolute atomic E-state index is 14.1. The molecular formula is C22H14Cl2F2N2O2. The Labute approximate surface area is 181 Å². The lowest BCUT2D eigenvalue weighted by molar-refractivity contribution is -0.118. The van der Waals surface area contributed by atoms with E-state index in [9.17, 15) is 18.4 Å². The summed E-state index contributed by atoms with van der Waals surface area (Å²) in [5, 5.41) is 5.48. The fourth-order valence-corrected chi connectivity index (χ4v) is 2.89. The van der Waals surface area contributed by atoms with Gasteiger partial charge in [-0.2, -0.15) is 0 Å². The number of amides is 2. The fourth-order valence-electron chi connectivity index (χ4n) is 2.53. The molecule has 0 fully saturated rings. The van der Waals surface area contributed by atoms with Crippen LogP contribution in [-0.4, -0.2) is 11.8 Å². The van der Waals surface area contributed by atoms with Crippen LogP contribution in [-0.2, 0) is 9.59 Å². The number of halogens is 4. The lowest BCUT2D eigenvalue weighted by Gasteiger charge is -2.12. The van der Waals surface area contributed by atoms with Crippen molar-refractivity contribution in [2.75, 3.05) is 10.6 Å². The van der Waals surface area contributed by atoms with Gasteiger partial charge in [0.2, 0.25) is 0 Å². The zero-order chi connectivity index (χ0) is 21.7. The average Bonchev–Trinajstić information content (AvgIpc) is 2.72. The smallest absolute Gasteiger partial charge is 0.261 e. The second-order valence-corrected chi connectivity index (χ2v) is 6.88. The maximum Gasteiger partial charge on any atom is 0.261 e. The zero-order valence-corrected chi connectivity index (χ0v) is 16.8. The number of para-hydroxylation sites is 2. The topological polar surface area (TPSA) is 58.2 Å². The van der Waals surface area contributed by atoms with Crippen molar-refractivity contribution >= 4 is 52.5 Å². The van der Waals surface area contributed by atoms with E-state index in [1.54, 1.807) is 36.4 Å². The molecule has 3 aromatic rings. The van der Waals surface area contributed by atoms with Gasteiger partial charge in [-0.05, 0) is 36.4 Å². The highest BCUT2D eigenvalue weighted by Crippen LogP contribution is 2.24. The van der Waals surface area contributed by atoms with Gasteiger partial charge in [-0.25, -0.2) is 8.78 Å². The fraction of sp³-hybridized carbons (Fsp3) is 0. The number of benzene rings is 3. The number of hydrogen-bond donors (Lipinski definition) is 2. The van der Waals surface area contributed by atoms with Gasteiger partial charge in [-0.3, -0.25) is 9.59 Å². The van der Waals surface area contributed by atoms with Crippen molar-refractivity contribution in [2.24, 2.45) is 0 Å². The molecule has 0 radical (unpaired) electrons. The lowest BCUT2D eigenvalue weighted by Crippen LogP contribution is -2.25. The number of nitrogens with one attached hydrogen (secondary N) is 2. The molecule has 30 heavy (non-hydrogen) atoms. The van der Waals surface area contributed by atoms with Gasteiger partial charge < -0.3 is 10.6 Å². The number of carbonyl (C=O) groups excluding carboxylic acids is 2. The van der Waals surface area contributed by atoms with E-state index in [0.717, 1.165) is 12.1 Å². The first-order valence-corrected chi connectivity index (χ1v) is 9.40. The van der Waals surface area contributed by atoms with Crippen LogP contribution in [0.5, 0.6) is 0 Å². The Bertz CT molecular complexity index is 1090. The molecule has 0 spiro atoms. The Morgan fingerprint density at radius 1 is 0.733 bits per heavy atom. The van der Waals surface area contributed by atoms with Crippen molar-refractivity contribution in [3.05, 3.63) is 99.5 Å². The van der Waals surface area contributed by atoms with Gasteiger partial charge in [-0.1, -0.05) is 59.6 Å². The molecule has 0 aliphatic heterocycles. The molecule has 0 heterocycles. The lowest BCUT2D eigenvalue weighted by atomic mass is 10.1. The standard InChI is InChI=1S/C22H14Cl2F2N2O2/c23-15-7-1-3-10-18(15)27-21(29)14(12-13-6-5-9-17(25)20(13)26)22(30)28-19-11-4-2-8-16(19)24/h1-12H,(H,27,29)(H,28,30). The van der Waals surface area contributed by atoms with Crippen LogP contribution in [0.15, 0.2) is 72.3 Å². The Morgan fingerprint density at radius 2 is 1.23 bits per heavy atom. The highest BCUT2D eigenvalue weighted by Gasteiger charge is 2.21. The molecule has 3 rings (SSSR count). The second kappa shape index (κ2) is 9.52. The summed E-state index contributed by atoms with van der Waals surface area (Å²) < 4.78 is 27.7. The van der Waals surface area contributed by atoms with E-state index in [0.29, 0.717) is 0 Å². The minimum atomic E-state index is -1.19. The van der Waals surface area contributed by atoms with Crippen molar-refractivity contribution in [3.63, 3.8) is 0 Å². The monoisotopic (exact) mass is 446 g/mol. The molecule has 3 aromatic carbocycles. The van der Waals surface area contributed by atoms with Crippen molar-refractivity contribution in [2.45, 2.75) is 0 Å². The molecule has 0 aromatic heterocycles. The van der Waals surface area contributed by atoms with Gasteiger partial charge in [0.25, 0.3) is 11.8 Å². The summed E-state index contributed by atoms with van der Waals surface area (Å²) in [5.41, 5.74) is -0.242. The largest absolute Gasteiger partial charge is 0.320 e.